The zero-order valence-corrected chi connectivity index (χ0v) is 11.3. The summed E-state index contributed by atoms with van der Waals surface area (Å²) >= 11 is 0. The Morgan fingerprint density at radius 1 is 1.14 bits per heavy atom. The van der Waals surface area contributed by atoms with Crippen molar-refractivity contribution in [3.05, 3.63) is 53.9 Å². The van der Waals surface area contributed by atoms with Gasteiger partial charge in [-0.05, 0) is 24.3 Å². The van der Waals surface area contributed by atoms with E-state index in [9.17, 15) is 15.0 Å². The van der Waals surface area contributed by atoms with Crippen LogP contribution < -0.4 is 5.32 Å². The van der Waals surface area contributed by atoms with Gasteiger partial charge in [0, 0.05) is 6.07 Å². The fourth-order valence-electron chi connectivity index (χ4n) is 1.95. The number of aromatic hydroxyl groups is 2. The standard InChI is InChI=1S/C15H12N2O5/c18-10-3-1-4-11(19)14(10)15(20)16-8-9-7-13(22-17-9)12-5-2-6-21-12/h1-7,18-19H,8H2,(H,16,20). The first-order valence-corrected chi connectivity index (χ1v) is 6.44. The molecule has 3 aromatic rings. The van der Waals surface area contributed by atoms with E-state index in [-0.39, 0.29) is 23.6 Å². The van der Waals surface area contributed by atoms with Gasteiger partial charge in [0.15, 0.2) is 5.76 Å². The molecule has 0 aliphatic heterocycles. The molecule has 3 N–H and O–H groups in total. The first-order valence-electron chi connectivity index (χ1n) is 6.44. The van der Waals surface area contributed by atoms with Crippen LogP contribution in [0.15, 0.2) is 51.6 Å². The van der Waals surface area contributed by atoms with Crippen LogP contribution in [-0.2, 0) is 6.54 Å². The topological polar surface area (TPSA) is 109 Å². The van der Waals surface area contributed by atoms with Crippen LogP contribution in [0.1, 0.15) is 16.1 Å². The Hall–Kier alpha value is -3.22. The number of phenolic OH excluding ortho intramolecular Hbond substituents is 2. The summed E-state index contributed by atoms with van der Waals surface area (Å²) in [6.45, 7) is 0.0802. The highest BCUT2D eigenvalue weighted by molar-refractivity contribution is 5.99. The largest absolute Gasteiger partial charge is 0.507 e. The zero-order valence-electron chi connectivity index (χ0n) is 11.3. The minimum atomic E-state index is -0.613. The van der Waals surface area contributed by atoms with Crippen molar-refractivity contribution in [3.8, 4) is 23.0 Å². The molecular weight excluding hydrogens is 288 g/mol. The lowest BCUT2D eigenvalue weighted by Crippen LogP contribution is -2.23. The van der Waals surface area contributed by atoms with Crippen LogP contribution in [0.25, 0.3) is 11.5 Å². The van der Waals surface area contributed by atoms with Gasteiger partial charge in [0.25, 0.3) is 5.91 Å². The van der Waals surface area contributed by atoms with E-state index in [0.717, 1.165) is 0 Å². The Balaban J connectivity index is 1.69. The minimum absolute atomic E-state index is 0.0802. The lowest BCUT2D eigenvalue weighted by Gasteiger charge is -2.06. The van der Waals surface area contributed by atoms with Crippen molar-refractivity contribution in [2.75, 3.05) is 0 Å². The zero-order chi connectivity index (χ0) is 15.5. The van der Waals surface area contributed by atoms with E-state index in [0.29, 0.717) is 17.2 Å². The highest BCUT2D eigenvalue weighted by Crippen LogP contribution is 2.26. The first kappa shape index (κ1) is 13.7. The lowest BCUT2D eigenvalue weighted by molar-refractivity contribution is 0.0944. The van der Waals surface area contributed by atoms with Gasteiger partial charge in [-0.1, -0.05) is 11.2 Å². The van der Waals surface area contributed by atoms with E-state index in [2.05, 4.69) is 10.5 Å². The number of aromatic nitrogens is 1. The first-order chi connectivity index (χ1) is 10.6. The lowest BCUT2D eigenvalue weighted by atomic mass is 10.1. The third kappa shape index (κ3) is 2.64. The second kappa shape index (κ2) is 5.65. The molecule has 7 nitrogen and oxygen atoms in total. The van der Waals surface area contributed by atoms with E-state index < -0.39 is 5.91 Å². The molecule has 0 aliphatic carbocycles. The maximum atomic E-state index is 12.0. The maximum Gasteiger partial charge on any atom is 0.259 e. The van der Waals surface area contributed by atoms with Crippen LogP contribution in [-0.4, -0.2) is 21.3 Å². The third-order valence-corrected chi connectivity index (χ3v) is 3.00. The molecule has 22 heavy (non-hydrogen) atoms. The van der Waals surface area contributed by atoms with Crippen molar-refractivity contribution in [1.82, 2.24) is 10.5 Å². The van der Waals surface area contributed by atoms with Gasteiger partial charge in [0.05, 0.1) is 12.8 Å². The van der Waals surface area contributed by atoms with E-state index in [1.807, 2.05) is 0 Å². The minimum Gasteiger partial charge on any atom is -0.507 e. The third-order valence-electron chi connectivity index (χ3n) is 3.00. The number of nitrogens with one attached hydrogen (secondary N) is 1. The van der Waals surface area contributed by atoms with Gasteiger partial charge in [-0.2, -0.15) is 0 Å². The van der Waals surface area contributed by atoms with Gasteiger partial charge >= 0.3 is 0 Å². The molecule has 0 spiro atoms. The van der Waals surface area contributed by atoms with Crippen molar-refractivity contribution in [2.24, 2.45) is 0 Å². The summed E-state index contributed by atoms with van der Waals surface area (Å²) in [6.07, 6.45) is 1.51. The maximum absolute atomic E-state index is 12.0. The van der Waals surface area contributed by atoms with Crippen molar-refractivity contribution in [3.63, 3.8) is 0 Å². The number of hydrogen-bond donors (Lipinski definition) is 3. The summed E-state index contributed by atoms with van der Waals surface area (Å²) in [5, 5.41) is 25.6. The molecule has 0 bridgehead atoms. The van der Waals surface area contributed by atoms with Gasteiger partial charge in [-0.15, -0.1) is 0 Å². The summed E-state index contributed by atoms with van der Waals surface area (Å²) in [7, 11) is 0. The van der Waals surface area contributed by atoms with Crippen LogP contribution in [0, 0.1) is 0 Å². The van der Waals surface area contributed by atoms with Crippen LogP contribution in [0.2, 0.25) is 0 Å². The van der Waals surface area contributed by atoms with Crippen LogP contribution in [0.4, 0.5) is 0 Å². The molecule has 0 unspecified atom stereocenters. The predicted molar refractivity (Wildman–Crippen MR) is 75.1 cm³/mol. The highest BCUT2D eigenvalue weighted by atomic mass is 16.5. The van der Waals surface area contributed by atoms with Crippen molar-refractivity contribution in [2.45, 2.75) is 6.54 Å². The number of carbonyl (C=O) groups excluding carboxylic acids is 1. The molecule has 7 heteroatoms. The Morgan fingerprint density at radius 2 is 1.91 bits per heavy atom. The summed E-state index contributed by atoms with van der Waals surface area (Å²) < 4.78 is 10.3. The second-order valence-corrected chi connectivity index (χ2v) is 4.51. The molecule has 112 valence electrons. The quantitative estimate of drug-likeness (QED) is 0.682. The Labute approximate surface area is 124 Å². The number of furan rings is 1. The molecule has 0 fully saturated rings. The van der Waals surface area contributed by atoms with Gasteiger partial charge in [0.1, 0.15) is 22.8 Å². The average Bonchev–Trinajstić information content (AvgIpc) is 3.16. The van der Waals surface area contributed by atoms with Crippen molar-refractivity contribution in [1.29, 1.82) is 0 Å². The molecule has 0 saturated carbocycles. The molecule has 3 rings (SSSR count). The van der Waals surface area contributed by atoms with E-state index >= 15 is 0 Å². The van der Waals surface area contributed by atoms with E-state index in [4.69, 9.17) is 8.94 Å². The Bertz CT molecular complexity index is 772. The average molecular weight is 300 g/mol. The molecule has 0 aliphatic rings. The number of benzene rings is 1. The molecule has 1 amide bonds. The van der Waals surface area contributed by atoms with Crippen LogP contribution in [0.5, 0.6) is 11.5 Å². The Morgan fingerprint density at radius 3 is 2.59 bits per heavy atom. The molecule has 0 radical (unpaired) electrons. The monoisotopic (exact) mass is 300 g/mol. The molecule has 2 heterocycles. The van der Waals surface area contributed by atoms with Crippen LogP contribution in [0.3, 0.4) is 0 Å². The molecule has 2 aromatic heterocycles. The van der Waals surface area contributed by atoms with E-state index in [1.165, 1.54) is 24.5 Å². The smallest absolute Gasteiger partial charge is 0.259 e. The SMILES string of the molecule is O=C(NCc1cc(-c2ccco2)on1)c1c(O)cccc1O. The van der Waals surface area contributed by atoms with Gasteiger partial charge in [-0.3, -0.25) is 4.79 Å². The number of hydrogen-bond acceptors (Lipinski definition) is 6. The van der Waals surface area contributed by atoms with Crippen molar-refractivity contribution < 1.29 is 23.9 Å². The summed E-state index contributed by atoms with van der Waals surface area (Å²) in [5.74, 6) is -0.232. The van der Waals surface area contributed by atoms with Crippen molar-refractivity contribution >= 4 is 5.91 Å². The fourth-order valence-corrected chi connectivity index (χ4v) is 1.95. The van der Waals surface area contributed by atoms with Gasteiger partial charge in [-0.25, -0.2) is 0 Å². The van der Waals surface area contributed by atoms with Crippen LogP contribution >= 0.6 is 0 Å². The van der Waals surface area contributed by atoms with Gasteiger partial charge in [0.2, 0.25) is 5.76 Å². The summed E-state index contributed by atoms with van der Waals surface area (Å²) in [5.41, 5.74) is 0.298. The molecule has 0 saturated heterocycles. The highest BCUT2D eigenvalue weighted by Gasteiger charge is 2.16. The summed E-state index contributed by atoms with van der Waals surface area (Å²) in [4.78, 5) is 12.0. The number of nitrogens with zero attached hydrogens (tertiary/aromatic N) is 1. The normalized spacial score (nSPS) is 10.5. The van der Waals surface area contributed by atoms with Gasteiger partial charge < -0.3 is 24.5 Å². The van der Waals surface area contributed by atoms with E-state index in [1.54, 1.807) is 18.2 Å². The second-order valence-electron chi connectivity index (χ2n) is 4.51. The fraction of sp³-hybridized carbons (Fsp3) is 0.0667. The number of carbonyl (C=O) groups is 1. The number of amides is 1. The molecular formula is C15H12N2O5. The molecule has 0 atom stereocenters. The Kier molecular flexibility index (Phi) is 3.53. The molecule has 1 aromatic carbocycles. The predicted octanol–water partition coefficient (Wildman–Crippen LogP) is 2.28. The number of rotatable bonds is 4. The summed E-state index contributed by atoms with van der Waals surface area (Å²) in [6, 6.07) is 9.15. The number of phenols is 2.